The standard InChI is InChI=1S/C22H36ClN3O3.HI/c1-7-28-19-17(23)11-15(12-18(19)27-6)13-25-21(24-5)26-14-16-9-8-10-29-20(16)22(2,3)4;/h11-12,16,20H,7-10,13-14H2,1-6H3,(H2,24,25,26);1H. The predicted octanol–water partition coefficient (Wildman–Crippen LogP) is 4.87. The van der Waals surface area contributed by atoms with Crippen molar-refractivity contribution in [3.8, 4) is 11.5 Å². The van der Waals surface area contributed by atoms with E-state index in [0.717, 1.165) is 37.5 Å². The zero-order valence-electron chi connectivity index (χ0n) is 19.0. The molecule has 2 N–H and O–H groups in total. The molecule has 0 aliphatic carbocycles. The van der Waals surface area contributed by atoms with Gasteiger partial charge in [-0.2, -0.15) is 0 Å². The smallest absolute Gasteiger partial charge is 0.191 e. The first-order valence-electron chi connectivity index (χ1n) is 10.4. The Balaban J connectivity index is 0.00000450. The molecule has 1 aliphatic heterocycles. The second-order valence-electron chi connectivity index (χ2n) is 8.41. The third-order valence-electron chi connectivity index (χ3n) is 5.09. The fourth-order valence-electron chi connectivity index (χ4n) is 3.80. The van der Waals surface area contributed by atoms with E-state index >= 15 is 0 Å². The van der Waals surface area contributed by atoms with Crippen LogP contribution in [0.1, 0.15) is 46.1 Å². The molecule has 0 saturated carbocycles. The molecule has 0 aromatic heterocycles. The average Bonchev–Trinajstić information content (AvgIpc) is 2.69. The van der Waals surface area contributed by atoms with E-state index in [9.17, 15) is 0 Å². The van der Waals surface area contributed by atoms with Crippen LogP contribution in [0.2, 0.25) is 5.02 Å². The van der Waals surface area contributed by atoms with Gasteiger partial charge in [-0.1, -0.05) is 32.4 Å². The molecule has 6 nitrogen and oxygen atoms in total. The van der Waals surface area contributed by atoms with Crippen molar-refractivity contribution in [3.63, 3.8) is 0 Å². The van der Waals surface area contributed by atoms with Crippen molar-refractivity contribution in [1.82, 2.24) is 10.6 Å². The van der Waals surface area contributed by atoms with Crippen LogP contribution in [0.3, 0.4) is 0 Å². The maximum atomic E-state index is 6.37. The van der Waals surface area contributed by atoms with Gasteiger partial charge in [0.2, 0.25) is 0 Å². The number of methoxy groups -OCH3 is 1. The Bertz CT molecular complexity index is 695. The number of hydrogen-bond acceptors (Lipinski definition) is 4. The summed E-state index contributed by atoms with van der Waals surface area (Å²) in [5, 5.41) is 7.35. The van der Waals surface area contributed by atoms with Crippen LogP contribution in [0.5, 0.6) is 11.5 Å². The highest BCUT2D eigenvalue weighted by Gasteiger charge is 2.35. The van der Waals surface area contributed by atoms with Crippen molar-refractivity contribution in [2.45, 2.75) is 53.2 Å². The minimum atomic E-state index is 0. The van der Waals surface area contributed by atoms with Gasteiger partial charge in [-0.25, -0.2) is 0 Å². The van der Waals surface area contributed by atoms with Crippen molar-refractivity contribution in [1.29, 1.82) is 0 Å². The summed E-state index contributed by atoms with van der Waals surface area (Å²) in [6.45, 7) is 11.4. The number of halogens is 2. The maximum absolute atomic E-state index is 6.37. The summed E-state index contributed by atoms with van der Waals surface area (Å²) < 4.78 is 17.1. The lowest BCUT2D eigenvalue weighted by Gasteiger charge is -2.40. The third-order valence-corrected chi connectivity index (χ3v) is 5.37. The second kappa shape index (κ2) is 12.8. The van der Waals surface area contributed by atoms with Crippen molar-refractivity contribution in [3.05, 3.63) is 22.7 Å². The fourth-order valence-corrected chi connectivity index (χ4v) is 4.09. The molecule has 1 aromatic carbocycles. The molecule has 0 radical (unpaired) electrons. The van der Waals surface area contributed by atoms with Gasteiger partial charge in [0, 0.05) is 32.7 Å². The van der Waals surface area contributed by atoms with Crippen LogP contribution < -0.4 is 20.1 Å². The normalized spacial score (nSPS) is 19.6. The van der Waals surface area contributed by atoms with E-state index in [-0.39, 0.29) is 35.5 Å². The number of aliphatic imine (C=N–C) groups is 1. The number of rotatable bonds is 7. The molecule has 0 amide bonds. The molecule has 1 aromatic rings. The van der Waals surface area contributed by atoms with Crippen molar-refractivity contribution >= 4 is 41.5 Å². The molecular weight excluding hydrogens is 517 g/mol. The summed E-state index contributed by atoms with van der Waals surface area (Å²) in [6.07, 6.45) is 2.52. The van der Waals surface area contributed by atoms with Gasteiger partial charge in [-0.15, -0.1) is 24.0 Å². The highest BCUT2D eigenvalue weighted by molar-refractivity contribution is 14.0. The van der Waals surface area contributed by atoms with E-state index in [1.807, 2.05) is 19.1 Å². The molecule has 1 aliphatic rings. The molecule has 0 spiro atoms. The van der Waals surface area contributed by atoms with Crippen LogP contribution in [0, 0.1) is 11.3 Å². The van der Waals surface area contributed by atoms with Gasteiger partial charge >= 0.3 is 0 Å². The minimum Gasteiger partial charge on any atom is -0.493 e. The lowest BCUT2D eigenvalue weighted by molar-refractivity contribution is -0.0835. The number of ether oxygens (including phenoxy) is 3. The molecule has 2 rings (SSSR count). The molecule has 1 heterocycles. The summed E-state index contributed by atoms with van der Waals surface area (Å²) in [5.41, 5.74) is 1.12. The molecule has 30 heavy (non-hydrogen) atoms. The lowest BCUT2D eigenvalue weighted by atomic mass is 9.78. The van der Waals surface area contributed by atoms with Gasteiger partial charge in [-0.3, -0.25) is 4.99 Å². The zero-order valence-corrected chi connectivity index (χ0v) is 22.1. The fraction of sp³-hybridized carbons (Fsp3) is 0.682. The van der Waals surface area contributed by atoms with Crippen LogP contribution in [0.15, 0.2) is 17.1 Å². The number of benzene rings is 1. The summed E-state index contributed by atoms with van der Waals surface area (Å²) >= 11 is 6.37. The Kier molecular flexibility index (Phi) is 11.6. The van der Waals surface area contributed by atoms with Crippen LogP contribution in [-0.4, -0.2) is 46.0 Å². The summed E-state index contributed by atoms with van der Waals surface area (Å²) in [5.74, 6) is 2.43. The van der Waals surface area contributed by atoms with E-state index in [2.05, 4.69) is 36.4 Å². The van der Waals surface area contributed by atoms with Crippen LogP contribution >= 0.6 is 35.6 Å². The highest BCUT2D eigenvalue weighted by Crippen LogP contribution is 2.36. The SMILES string of the molecule is CCOc1c(Cl)cc(CNC(=NC)NCC2CCCOC2C(C)(C)C)cc1OC.I. The summed E-state index contributed by atoms with van der Waals surface area (Å²) in [4.78, 5) is 4.35. The van der Waals surface area contributed by atoms with Crippen LogP contribution in [-0.2, 0) is 11.3 Å². The Morgan fingerprint density at radius 3 is 2.63 bits per heavy atom. The molecule has 1 saturated heterocycles. The summed E-state index contributed by atoms with van der Waals surface area (Å²) in [6, 6.07) is 3.82. The van der Waals surface area contributed by atoms with Gasteiger partial charge in [-0.05, 0) is 42.9 Å². The Hall–Kier alpha value is -0.930. The first kappa shape index (κ1) is 27.1. The van der Waals surface area contributed by atoms with E-state index in [1.54, 1.807) is 14.2 Å². The number of nitrogens with one attached hydrogen (secondary N) is 2. The number of guanidine groups is 1. The molecule has 1 fully saturated rings. The summed E-state index contributed by atoms with van der Waals surface area (Å²) in [7, 11) is 3.39. The Morgan fingerprint density at radius 1 is 1.30 bits per heavy atom. The Morgan fingerprint density at radius 2 is 2.03 bits per heavy atom. The van der Waals surface area contributed by atoms with Crippen LogP contribution in [0.25, 0.3) is 0 Å². The van der Waals surface area contributed by atoms with Gasteiger partial charge in [0.1, 0.15) is 0 Å². The zero-order chi connectivity index (χ0) is 21.4. The minimum absolute atomic E-state index is 0. The lowest BCUT2D eigenvalue weighted by Crippen LogP contribution is -2.47. The van der Waals surface area contributed by atoms with Gasteiger partial charge < -0.3 is 24.8 Å². The average molecular weight is 554 g/mol. The quantitative estimate of drug-likeness (QED) is 0.287. The van der Waals surface area contributed by atoms with E-state index < -0.39 is 0 Å². The van der Waals surface area contributed by atoms with Crippen LogP contribution in [0.4, 0.5) is 0 Å². The van der Waals surface area contributed by atoms with Crippen molar-refractivity contribution < 1.29 is 14.2 Å². The molecule has 2 atom stereocenters. The van der Waals surface area contributed by atoms with E-state index in [4.69, 9.17) is 25.8 Å². The van der Waals surface area contributed by atoms with E-state index in [0.29, 0.717) is 35.6 Å². The second-order valence-corrected chi connectivity index (χ2v) is 8.82. The number of nitrogens with zero attached hydrogens (tertiary/aromatic N) is 1. The molecular formula is C22H37ClIN3O3. The maximum Gasteiger partial charge on any atom is 0.191 e. The monoisotopic (exact) mass is 553 g/mol. The third kappa shape index (κ3) is 7.64. The van der Waals surface area contributed by atoms with Gasteiger partial charge in [0.25, 0.3) is 0 Å². The predicted molar refractivity (Wildman–Crippen MR) is 135 cm³/mol. The van der Waals surface area contributed by atoms with E-state index in [1.165, 1.54) is 0 Å². The molecule has 0 bridgehead atoms. The topological polar surface area (TPSA) is 64.1 Å². The Labute approximate surface area is 203 Å². The van der Waals surface area contributed by atoms with Gasteiger partial charge in [0.15, 0.2) is 17.5 Å². The number of hydrogen-bond donors (Lipinski definition) is 2. The van der Waals surface area contributed by atoms with Crippen molar-refractivity contribution in [2.24, 2.45) is 16.3 Å². The van der Waals surface area contributed by atoms with Gasteiger partial charge in [0.05, 0.1) is 24.8 Å². The van der Waals surface area contributed by atoms with Crippen molar-refractivity contribution in [2.75, 3.05) is 33.9 Å². The molecule has 8 heteroatoms. The molecule has 2 unspecified atom stereocenters. The highest BCUT2D eigenvalue weighted by atomic mass is 127. The first-order chi connectivity index (χ1) is 13.8. The largest absolute Gasteiger partial charge is 0.493 e. The first-order valence-corrected chi connectivity index (χ1v) is 10.7. The molecule has 172 valence electrons.